The van der Waals surface area contributed by atoms with Gasteiger partial charge in [0.05, 0.1) is 6.61 Å². The molecule has 0 unspecified atom stereocenters. The molecule has 0 aliphatic carbocycles. The normalized spacial score (nSPS) is 10.8. The molecule has 0 saturated heterocycles. The van der Waals surface area contributed by atoms with E-state index in [9.17, 15) is 9.59 Å². The lowest BCUT2D eigenvalue weighted by Gasteiger charge is -2.06. The van der Waals surface area contributed by atoms with Crippen LogP contribution in [0.1, 0.15) is 19.4 Å². The van der Waals surface area contributed by atoms with Gasteiger partial charge in [0, 0.05) is 6.92 Å². The summed E-state index contributed by atoms with van der Waals surface area (Å²) in [5.41, 5.74) is 0.761. The molecule has 0 spiro atoms. The van der Waals surface area contributed by atoms with Gasteiger partial charge in [0.2, 0.25) is 5.76 Å². The van der Waals surface area contributed by atoms with E-state index in [1.165, 1.54) is 13.0 Å². The van der Waals surface area contributed by atoms with Crippen LogP contribution in [0.25, 0.3) is 6.08 Å². The summed E-state index contributed by atoms with van der Waals surface area (Å²) in [6.45, 7) is 3.15. The third kappa shape index (κ3) is 4.51. The Morgan fingerprint density at radius 2 is 1.88 bits per heavy atom. The molecule has 0 atom stereocenters. The van der Waals surface area contributed by atoms with Crippen LogP contribution in [0.5, 0.6) is 0 Å². The molecule has 0 heterocycles. The van der Waals surface area contributed by atoms with Crippen molar-refractivity contribution in [3.8, 4) is 0 Å². The Hall–Kier alpha value is -2.10. The van der Waals surface area contributed by atoms with Crippen LogP contribution in [0.15, 0.2) is 36.1 Å². The SMILES string of the molecule is CCOC(=O)/C(=C\c1ccccc1)OC(C)=O. The second-order valence-electron chi connectivity index (χ2n) is 3.23. The molecule has 1 aromatic rings. The summed E-state index contributed by atoms with van der Waals surface area (Å²) in [6.07, 6.45) is 1.47. The molecule has 0 radical (unpaired) electrons. The van der Waals surface area contributed by atoms with E-state index in [4.69, 9.17) is 9.47 Å². The molecule has 4 nitrogen and oxygen atoms in total. The maximum absolute atomic E-state index is 11.5. The lowest BCUT2D eigenvalue weighted by atomic mass is 10.2. The fourth-order valence-electron chi connectivity index (χ4n) is 1.19. The number of hydrogen-bond acceptors (Lipinski definition) is 4. The minimum atomic E-state index is -0.647. The monoisotopic (exact) mass is 234 g/mol. The van der Waals surface area contributed by atoms with Gasteiger partial charge in [0.1, 0.15) is 0 Å². The van der Waals surface area contributed by atoms with Crippen molar-refractivity contribution in [1.82, 2.24) is 0 Å². The highest BCUT2D eigenvalue weighted by molar-refractivity contribution is 5.93. The van der Waals surface area contributed by atoms with Crippen LogP contribution in [0.4, 0.5) is 0 Å². The summed E-state index contributed by atoms with van der Waals surface area (Å²) in [5, 5.41) is 0. The standard InChI is InChI=1S/C13H14O4/c1-3-16-13(15)12(17-10(2)14)9-11-7-5-4-6-8-11/h4-9H,3H2,1-2H3/b12-9+. The fraction of sp³-hybridized carbons (Fsp3) is 0.231. The van der Waals surface area contributed by atoms with E-state index in [0.717, 1.165) is 5.56 Å². The number of esters is 2. The molecule has 17 heavy (non-hydrogen) atoms. The van der Waals surface area contributed by atoms with E-state index in [0.29, 0.717) is 0 Å². The van der Waals surface area contributed by atoms with Crippen LogP contribution in [0.2, 0.25) is 0 Å². The predicted molar refractivity (Wildman–Crippen MR) is 62.8 cm³/mol. The van der Waals surface area contributed by atoms with Crippen molar-refractivity contribution in [2.75, 3.05) is 6.61 Å². The quantitative estimate of drug-likeness (QED) is 0.455. The molecule has 0 aliphatic rings. The lowest BCUT2D eigenvalue weighted by molar-refractivity contribution is -0.149. The van der Waals surface area contributed by atoms with Crippen molar-refractivity contribution in [3.05, 3.63) is 41.7 Å². The molecule has 1 aromatic carbocycles. The van der Waals surface area contributed by atoms with Crippen LogP contribution < -0.4 is 0 Å². The minimum Gasteiger partial charge on any atom is -0.460 e. The van der Waals surface area contributed by atoms with Crippen LogP contribution in [-0.4, -0.2) is 18.5 Å². The second-order valence-corrected chi connectivity index (χ2v) is 3.23. The zero-order valence-corrected chi connectivity index (χ0v) is 9.80. The van der Waals surface area contributed by atoms with Crippen molar-refractivity contribution in [1.29, 1.82) is 0 Å². The first-order valence-corrected chi connectivity index (χ1v) is 5.25. The molecule has 4 heteroatoms. The molecule has 1 rings (SSSR count). The molecule has 0 fully saturated rings. The number of hydrogen-bond donors (Lipinski definition) is 0. The average molecular weight is 234 g/mol. The Balaban J connectivity index is 2.93. The number of carbonyl (C=O) groups excluding carboxylic acids is 2. The molecule has 0 aliphatic heterocycles. The van der Waals surface area contributed by atoms with Gasteiger partial charge in [-0.2, -0.15) is 0 Å². The van der Waals surface area contributed by atoms with Crippen LogP contribution >= 0.6 is 0 Å². The summed E-state index contributed by atoms with van der Waals surface area (Å²) in [5.74, 6) is -1.31. The minimum absolute atomic E-state index is 0.106. The molecule has 0 bridgehead atoms. The first-order valence-electron chi connectivity index (χ1n) is 5.25. The van der Waals surface area contributed by atoms with Crippen molar-refractivity contribution < 1.29 is 19.1 Å². The Kier molecular flexibility index (Phi) is 4.94. The van der Waals surface area contributed by atoms with Crippen molar-refractivity contribution in [3.63, 3.8) is 0 Å². The number of carbonyl (C=O) groups is 2. The summed E-state index contributed by atoms with van der Waals surface area (Å²) in [7, 11) is 0. The van der Waals surface area contributed by atoms with Gasteiger partial charge in [-0.15, -0.1) is 0 Å². The molecule has 90 valence electrons. The van der Waals surface area contributed by atoms with Gasteiger partial charge in [-0.3, -0.25) is 4.79 Å². The van der Waals surface area contributed by atoms with Gasteiger partial charge >= 0.3 is 11.9 Å². The first-order chi connectivity index (χ1) is 8.13. The zero-order chi connectivity index (χ0) is 12.7. The topological polar surface area (TPSA) is 52.6 Å². The Labute approximate surface area is 99.8 Å². The molecular weight excluding hydrogens is 220 g/mol. The average Bonchev–Trinajstić information content (AvgIpc) is 2.29. The third-order valence-corrected chi connectivity index (χ3v) is 1.83. The van der Waals surface area contributed by atoms with E-state index >= 15 is 0 Å². The predicted octanol–water partition coefficient (Wildman–Crippen LogP) is 2.15. The van der Waals surface area contributed by atoms with Crippen molar-refractivity contribution in [2.45, 2.75) is 13.8 Å². The third-order valence-electron chi connectivity index (χ3n) is 1.83. The van der Waals surface area contributed by atoms with Gasteiger partial charge in [-0.25, -0.2) is 4.79 Å². The van der Waals surface area contributed by atoms with Gasteiger partial charge in [0.25, 0.3) is 0 Å². The van der Waals surface area contributed by atoms with Gasteiger partial charge < -0.3 is 9.47 Å². The van der Waals surface area contributed by atoms with Crippen LogP contribution in [0, 0.1) is 0 Å². The maximum atomic E-state index is 11.5. The van der Waals surface area contributed by atoms with E-state index in [1.54, 1.807) is 19.1 Å². The van der Waals surface area contributed by atoms with Crippen molar-refractivity contribution >= 4 is 18.0 Å². The van der Waals surface area contributed by atoms with Gasteiger partial charge in [-0.1, -0.05) is 30.3 Å². The smallest absolute Gasteiger partial charge is 0.374 e. The molecule has 0 N–H and O–H groups in total. The highest BCUT2D eigenvalue weighted by Gasteiger charge is 2.14. The molecule has 0 amide bonds. The number of rotatable bonds is 4. The first kappa shape index (κ1) is 13.0. The van der Waals surface area contributed by atoms with Crippen LogP contribution in [-0.2, 0) is 19.1 Å². The molecule has 0 aromatic heterocycles. The summed E-state index contributed by atoms with van der Waals surface area (Å²) in [4.78, 5) is 22.4. The summed E-state index contributed by atoms with van der Waals surface area (Å²) >= 11 is 0. The number of ether oxygens (including phenoxy) is 2. The van der Waals surface area contributed by atoms with Crippen molar-refractivity contribution in [2.24, 2.45) is 0 Å². The van der Waals surface area contributed by atoms with E-state index in [1.807, 2.05) is 18.2 Å². The molecular formula is C13H14O4. The summed E-state index contributed by atoms with van der Waals surface area (Å²) < 4.78 is 9.61. The maximum Gasteiger partial charge on any atom is 0.374 e. The largest absolute Gasteiger partial charge is 0.460 e. The fourth-order valence-corrected chi connectivity index (χ4v) is 1.19. The van der Waals surface area contributed by atoms with Crippen LogP contribution in [0.3, 0.4) is 0 Å². The zero-order valence-electron chi connectivity index (χ0n) is 9.80. The Morgan fingerprint density at radius 3 is 2.41 bits per heavy atom. The van der Waals surface area contributed by atoms with Gasteiger partial charge in [-0.05, 0) is 18.6 Å². The lowest BCUT2D eigenvalue weighted by Crippen LogP contribution is -2.12. The van der Waals surface area contributed by atoms with E-state index < -0.39 is 11.9 Å². The highest BCUT2D eigenvalue weighted by Crippen LogP contribution is 2.09. The Bertz CT molecular complexity index is 420. The van der Waals surface area contributed by atoms with E-state index in [-0.39, 0.29) is 12.4 Å². The summed E-state index contributed by atoms with van der Waals surface area (Å²) in [6, 6.07) is 9.09. The second kappa shape index (κ2) is 6.48. The highest BCUT2D eigenvalue weighted by atomic mass is 16.6. The van der Waals surface area contributed by atoms with Gasteiger partial charge in [0.15, 0.2) is 0 Å². The number of benzene rings is 1. The molecule has 0 saturated carbocycles. The van der Waals surface area contributed by atoms with E-state index in [2.05, 4.69) is 0 Å². The Morgan fingerprint density at radius 1 is 1.24 bits per heavy atom.